The van der Waals surface area contributed by atoms with Gasteiger partial charge in [0.25, 0.3) is 0 Å². The summed E-state index contributed by atoms with van der Waals surface area (Å²) in [6.45, 7) is 0.544. The number of aromatic amines is 1. The van der Waals surface area contributed by atoms with Gasteiger partial charge in [-0.1, -0.05) is 24.3 Å². The average molecular weight is 226 g/mol. The van der Waals surface area contributed by atoms with Crippen molar-refractivity contribution in [1.82, 2.24) is 25.4 Å². The molecule has 3 rings (SSSR count). The molecule has 0 aliphatic rings. The normalized spacial score (nSPS) is 10.6. The molecule has 17 heavy (non-hydrogen) atoms. The number of fused-ring (bicyclic) bond motifs is 1. The SMILES string of the molecule is c1ccc2c(NCc3ncn[nH]3)nncc2c1. The molecule has 6 nitrogen and oxygen atoms in total. The molecule has 2 aromatic heterocycles. The number of rotatable bonds is 3. The zero-order valence-corrected chi connectivity index (χ0v) is 8.96. The molecule has 84 valence electrons. The van der Waals surface area contributed by atoms with Crippen molar-refractivity contribution in [3.8, 4) is 0 Å². The molecular weight excluding hydrogens is 216 g/mol. The second kappa shape index (κ2) is 4.17. The number of nitrogens with one attached hydrogen (secondary N) is 2. The first-order chi connectivity index (χ1) is 8.43. The van der Waals surface area contributed by atoms with Crippen LogP contribution in [0.15, 0.2) is 36.8 Å². The zero-order chi connectivity index (χ0) is 11.5. The highest BCUT2D eigenvalue weighted by Gasteiger charge is 2.03. The van der Waals surface area contributed by atoms with Gasteiger partial charge in [-0.05, 0) is 0 Å². The molecule has 0 saturated carbocycles. The second-order valence-electron chi connectivity index (χ2n) is 3.57. The Labute approximate surface area is 97.1 Å². The zero-order valence-electron chi connectivity index (χ0n) is 8.96. The predicted molar refractivity (Wildman–Crippen MR) is 63.2 cm³/mol. The van der Waals surface area contributed by atoms with E-state index >= 15 is 0 Å². The van der Waals surface area contributed by atoms with Crippen molar-refractivity contribution in [3.05, 3.63) is 42.6 Å². The molecule has 3 aromatic rings. The number of hydrogen-bond donors (Lipinski definition) is 2. The van der Waals surface area contributed by atoms with E-state index in [1.54, 1.807) is 6.20 Å². The Hall–Kier alpha value is -2.50. The lowest BCUT2D eigenvalue weighted by molar-refractivity contribution is 0.936. The monoisotopic (exact) mass is 226 g/mol. The second-order valence-corrected chi connectivity index (χ2v) is 3.57. The molecule has 0 saturated heterocycles. The molecule has 2 heterocycles. The topological polar surface area (TPSA) is 79.4 Å². The van der Waals surface area contributed by atoms with E-state index in [2.05, 4.69) is 30.7 Å². The summed E-state index contributed by atoms with van der Waals surface area (Å²) >= 11 is 0. The minimum absolute atomic E-state index is 0.544. The highest BCUT2D eigenvalue weighted by Crippen LogP contribution is 2.19. The Morgan fingerprint density at radius 1 is 1.24 bits per heavy atom. The van der Waals surface area contributed by atoms with E-state index in [1.165, 1.54) is 6.33 Å². The van der Waals surface area contributed by atoms with Crippen LogP contribution in [0.1, 0.15) is 5.82 Å². The molecule has 0 aliphatic heterocycles. The molecule has 6 heteroatoms. The van der Waals surface area contributed by atoms with Crippen molar-refractivity contribution in [1.29, 1.82) is 0 Å². The van der Waals surface area contributed by atoms with Gasteiger partial charge in [0, 0.05) is 10.8 Å². The molecule has 0 fully saturated rings. The number of hydrogen-bond acceptors (Lipinski definition) is 5. The fourth-order valence-corrected chi connectivity index (χ4v) is 1.64. The van der Waals surface area contributed by atoms with Crippen LogP contribution in [0.4, 0.5) is 5.82 Å². The van der Waals surface area contributed by atoms with Crippen LogP contribution in [-0.4, -0.2) is 25.4 Å². The highest BCUT2D eigenvalue weighted by molar-refractivity contribution is 5.90. The number of nitrogens with zero attached hydrogens (tertiary/aromatic N) is 4. The van der Waals surface area contributed by atoms with Gasteiger partial charge in [-0.3, -0.25) is 5.10 Å². The average Bonchev–Trinajstić information content (AvgIpc) is 2.89. The predicted octanol–water partition coefficient (Wildman–Crippen LogP) is 1.36. The van der Waals surface area contributed by atoms with Crippen molar-refractivity contribution >= 4 is 16.6 Å². The lowest BCUT2D eigenvalue weighted by Gasteiger charge is -2.05. The lowest BCUT2D eigenvalue weighted by atomic mass is 10.2. The maximum atomic E-state index is 4.08. The fraction of sp³-hybridized carbons (Fsp3) is 0.0909. The van der Waals surface area contributed by atoms with Gasteiger partial charge in [0.1, 0.15) is 12.2 Å². The van der Waals surface area contributed by atoms with Crippen molar-refractivity contribution in [2.45, 2.75) is 6.54 Å². The summed E-state index contributed by atoms with van der Waals surface area (Å²) in [7, 11) is 0. The van der Waals surface area contributed by atoms with Gasteiger partial charge >= 0.3 is 0 Å². The number of benzene rings is 1. The van der Waals surface area contributed by atoms with E-state index in [0.717, 1.165) is 22.4 Å². The minimum atomic E-state index is 0.544. The number of aromatic nitrogens is 5. The molecule has 0 atom stereocenters. The van der Waals surface area contributed by atoms with Gasteiger partial charge in [0.15, 0.2) is 5.82 Å². The third-order valence-electron chi connectivity index (χ3n) is 2.46. The van der Waals surface area contributed by atoms with Crippen molar-refractivity contribution in [2.24, 2.45) is 0 Å². The first kappa shape index (κ1) is 9.71. The molecule has 0 radical (unpaired) electrons. The quantitative estimate of drug-likeness (QED) is 0.705. The third-order valence-corrected chi connectivity index (χ3v) is 2.46. The molecule has 0 spiro atoms. The Kier molecular flexibility index (Phi) is 2.38. The van der Waals surface area contributed by atoms with Gasteiger partial charge < -0.3 is 5.32 Å². The summed E-state index contributed by atoms with van der Waals surface area (Å²) in [5.74, 6) is 1.51. The van der Waals surface area contributed by atoms with E-state index in [9.17, 15) is 0 Å². The first-order valence-corrected chi connectivity index (χ1v) is 5.22. The van der Waals surface area contributed by atoms with Crippen LogP contribution in [0.25, 0.3) is 10.8 Å². The van der Waals surface area contributed by atoms with Crippen LogP contribution < -0.4 is 5.32 Å². The Morgan fingerprint density at radius 3 is 3.06 bits per heavy atom. The van der Waals surface area contributed by atoms with Crippen molar-refractivity contribution in [3.63, 3.8) is 0 Å². The summed E-state index contributed by atoms with van der Waals surface area (Å²) in [5.41, 5.74) is 0. The van der Waals surface area contributed by atoms with E-state index in [4.69, 9.17) is 0 Å². The van der Waals surface area contributed by atoms with Gasteiger partial charge in [-0.25, -0.2) is 4.98 Å². The van der Waals surface area contributed by atoms with Crippen LogP contribution in [0.5, 0.6) is 0 Å². The van der Waals surface area contributed by atoms with Crippen molar-refractivity contribution in [2.75, 3.05) is 5.32 Å². The van der Waals surface area contributed by atoms with E-state index in [1.807, 2.05) is 24.3 Å². The van der Waals surface area contributed by atoms with E-state index in [-0.39, 0.29) is 0 Å². The lowest BCUT2D eigenvalue weighted by Crippen LogP contribution is -2.04. The summed E-state index contributed by atoms with van der Waals surface area (Å²) < 4.78 is 0. The first-order valence-electron chi connectivity index (χ1n) is 5.22. The Bertz CT molecular complexity index is 613. The highest BCUT2D eigenvalue weighted by atomic mass is 15.2. The smallest absolute Gasteiger partial charge is 0.156 e. The summed E-state index contributed by atoms with van der Waals surface area (Å²) in [6, 6.07) is 7.96. The molecule has 0 aliphatic carbocycles. The van der Waals surface area contributed by atoms with Crippen molar-refractivity contribution < 1.29 is 0 Å². The third kappa shape index (κ3) is 1.92. The van der Waals surface area contributed by atoms with Crippen LogP contribution in [0, 0.1) is 0 Å². The number of anilines is 1. The molecular formula is C11H10N6. The molecule has 0 unspecified atom stereocenters. The summed E-state index contributed by atoms with van der Waals surface area (Å²) in [4.78, 5) is 4.03. The van der Waals surface area contributed by atoms with Gasteiger partial charge in [0.2, 0.25) is 0 Å². The largest absolute Gasteiger partial charge is 0.361 e. The fourth-order valence-electron chi connectivity index (χ4n) is 1.64. The molecule has 1 aromatic carbocycles. The molecule has 0 bridgehead atoms. The summed E-state index contributed by atoms with van der Waals surface area (Å²) in [6.07, 6.45) is 3.22. The molecule has 2 N–H and O–H groups in total. The molecule has 0 amide bonds. The Morgan fingerprint density at radius 2 is 2.18 bits per heavy atom. The van der Waals surface area contributed by atoms with Crippen LogP contribution in [-0.2, 0) is 6.54 Å². The standard InChI is InChI=1S/C11H10N6/c1-2-4-9-8(3-1)5-14-17-11(9)12-6-10-13-7-15-16-10/h1-5,7H,6H2,(H,12,17)(H,13,15,16). The maximum absolute atomic E-state index is 4.08. The van der Waals surface area contributed by atoms with E-state index < -0.39 is 0 Å². The van der Waals surface area contributed by atoms with Gasteiger partial charge in [-0.15, -0.1) is 5.10 Å². The minimum Gasteiger partial charge on any atom is -0.361 e. The summed E-state index contributed by atoms with van der Waals surface area (Å²) in [5, 5.41) is 19.9. The van der Waals surface area contributed by atoms with E-state index in [0.29, 0.717) is 6.54 Å². The van der Waals surface area contributed by atoms with Gasteiger partial charge in [0.05, 0.1) is 12.7 Å². The number of H-pyrrole nitrogens is 1. The Balaban J connectivity index is 1.90. The van der Waals surface area contributed by atoms with Crippen LogP contribution >= 0.6 is 0 Å². The van der Waals surface area contributed by atoms with Crippen LogP contribution in [0.3, 0.4) is 0 Å². The maximum Gasteiger partial charge on any atom is 0.156 e. The van der Waals surface area contributed by atoms with Gasteiger partial charge in [-0.2, -0.15) is 10.2 Å². The van der Waals surface area contributed by atoms with Crippen LogP contribution in [0.2, 0.25) is 0 Å².